The maximum Gasteiger partial charge on any atom is 0.0931 e. The average molecular weight is 219 g/mol. The minimum Gasteiger partial charge on any atom is -0.387 e. The number of aromatic nitrogens is 1. The zero-order valence-electron chi connectivity index (χ0n) is 9.88. The van der Waals surface area contributed by atoms with Gasteiger partial charge in [-0.15, -0.1) is 0 Å². The van der Waals surface area contributed by atoms with Crippen LogP contribution in [0.15, 0.2) is 18.3 Å². The lowest BCUT2D eigenvalue weighted by molar-refractivity contribution is 0.194. The van der Waals surface area contributed by atoms with E-state index in [1.54, 1.807) is 19.2 Å². The van der Waals surface area contributed by atoms with Crippen LogP contribution >= 0.6 is 0 Å². The van der Waals surface area contributed by atoms with E-state index in [9.17, 15) is 5.11 Å². The summed E-state index contributed by atoms with van der Waals surface area (Å²) in [5, 5.41) is 18.0. The van der Waals surface area contributed by atoms with Crippen molar-refractivity contribution in [3.63, 3.8) is 0 Å². The lowest BCUT2D eigenvalue weighted by atomic mass is 10.2. The Labute approximate surface area is 96.2 Å². The molecule has 0 saturated heterocycles. The molecule has 0 bridgehead atoms. The number of hydrogen-bond acceptors (Lipinski definition) is 4. The molecule has 1 unspecified atom stereocenters. The Morgan fingerprint density at radius 1 is 1.50 bits per heavy atom. The number of aliphatic hydroxyl groups is 1. The summed E-state index contributed by atoms with van der Waals surface area (Å²) < 4.78 is 0. The fourth-order valence-corrected chi connectivity index (χ4v) is 1.43. The number of pyridine rings is 1. The predicted octanol–water partition coefficient (Wildman–Crippen LogP) is 1.73. The molecule has 0 fully saturated rings. The van der Waals surface area contributed by atoms with E-state index in [1.807, 2.05) is 24.9 Å². The number of nitrogens with zero attached hydrogens (tertiary/aromatic N) is 3. The zero-order chi connectivity index (χ0) is 12.1. The van der Waals surface area contributed by atoms with E-state index in [2.05, 4.69) is 11.1 Å². The summed E-state index contributed by atoms with van der Waals surface area (Å²) in [4.78, 5) is 6.14. The first-order chi connectivity index (χ1) is 7.54. The van der Waals surface area contributed by atoms with E-state index in [0.29, 0.717) is 12.2 Å². The van der Waals surface area contributed by atoms with Crippen molar-refractivity contribution >= 4 is 5.69 Å². The van der Waals surface area contributed by atoms with Gasteiger partial charge in [0.25, 0.3) is 0 Å². The molecule has 86 valence electrons. The van der Waals surface area contributed by atoms with E-state index in [-0.39, 0.29) is 5.92 Å². The van der Waals surface area contributed by atoms with Crippen LogP contribution < -0.4 is 4.90 Å². The topological polar surface area (TPSA) is 60.2 Å². The van der Waals surface area contributed by atoms with Gasteiger partial charge < -0.3 is 10.0 Å². The third-order valence-electron chi connectivity index (χ3n) is 2.41. The van der Waals surface area contributed by atoms with Gasteiger partial charge in [-0.3, -0.25) is 4.98 Å². The second-order valence-electron chi connectivity index (χ2n) is 4.03. The molecule has 1 aromatic heterocycles. The molecule has 0 amide bonds. The first-order valence-corrected chi connectivity index (χ1v) is 5.29. The van der Waals surface area contributed by atoms with Gasteiger partial charge in [-0.1, -0.05) is 0 Å². The molecule has 1 heterocycles. The quantitative estimate of drug-likeness (QED) is 0.837. The van der Waals surface area contributed by atoms with Crippen molar-refractivity contribution in [3.8, 4) is 6.07 Å². The van der Waals surface area contributed by atoms with E-state index in [4.69, 9.17) is 5.26 Å². The van der Waals surface area contributed by atoms with Gasteiger partial charge in [0.2, 0.25) is 0 Å². The highest BCUT2D eigenvalue weighted by atomic mass is 16.3. The maximum atomic E-state index is 9.32. The monoisotopic (exact) mass is 219 g/mol. The fraction of sp³-hybridized carbons (Fsp3) is 0.500. The first kappa shape index (κ1) is 12.5. The molecule has 0 radical (unpaired) electrons. The van der Waals surface area contributed by atoms with Gasteiger partial charge in [-0.05, 0) is 26.0 Å². The van der Waals surface area contributed by atoms with Crippen molar-refractivity contribution < 1.29 is 5.11 Å². The highest BCUT2D eigenvalue weighted by Crippen LogP contribution is 2.15. The van der Waals surface area contributed by atoms with Crippen molar-refractivity contribution in [2.45, 2.75) is 20.0 Å². The molecule has 0 aliphatic carbocycles. The smallest absolute Gasteiger partial charge is 0.0931 e. The Kier molecular flexibility index (Phi) is 4.27. The van der Waals surface area contributed by atoms with Gasteiger partial charge in [0.1, 0.15) is 0 Å². The number of aliphatic hydroxyl groups excluding tert-OH is 1. The summed E-state index contributed by atoms with van der Waals surface area (Å²) >= 11 is 0. The number of anilines is 1. The van der Waals surface area contributed by atoms with Gasteiger partial charge in [-0.25, -0.2) is 0 Å². The first-order valence-electron chi connectivity index (χ1n) is 5.29. The molecule has 1 rings (SSSR count). The van der Waals surface area contributed by atoms with Gasteiger partial charge in [0.15, 0.2) is 0 Å². The standard InChI is InChI=1S/C12H17N3O/c1-9(6-13)8-15(3)11-4-5-12(10(2)16)14-7-11/h4-5,7,9-10,16H,8H2,1-3H3/t9?,10-/m0/s1. The summed E-state index contributed by atoms with van der Waals surface area (Å²) in [6.45, 7) is 4.24. The summed E-state index contributed by atoms with van der Waals surface area (Å²) in [7, 11) is 1.92. The molecular weight excluding hydrogens is 202 g/mol. The fourth-order valence-electron chi connectivity index (χ4n) is 1.43. The van der Waals surface area contributed by atoms with Gasteiger partial charge in [0.05, 0.1) is 35.7 Å². The van der Waals surface area contributed by atoms with E-state index in [0.717, 1.165) is 5.69 Å². The molecule has 0 saturated carbocycles. The Bertz CT molecular complexity index is 367. The Morgan fingerprint density at radius 3 is 2.62 bits per heavy atom. The van der Waals surface area contributed by atoms with Crippen molar-refractivity contribution in [2.24, 2.45) is 5.92 Å². The van der Waals surface area contributed by atoms with Crippen LogP contribution in [-0.2, 0) is 0 Å². The molecule has 1 aromatic rings. The van der Waals surface area contributed by atoms with Crippen molar-refractivity contribution in [1.82, 2.24) is 4.98 Å². The second kappa shape index (κ2) is 5.47. The van der Waals surface area contributed by atoms with Gasteiger partial charge in [0, 0.05) is 13.6 Å². The van der Waals surface area contributed by atoms with Crippen LogP contribution in [0.5, 0.6) is 0 Å². The van der Waals surface area contributed by atoms with Crippen LogP contribution in [0.2, 0.25) is 0 Å². The lowest BCUT2D eigenvalue weighted by Gasteiger charge is -2.20. The third-order valence-corrected chi connectivity index (χ3v) is 2.41. The second-order valence-corrected chi connectivity index (χ2v) is 4.03. The lowest BCUT2D eigenvalue weighted by Crippen LogP contribution is -2.23. The maximum absolute atomic E-state index is 9.32. The highest BCUT2D eigenvalue weighted by Gasteiger charge is 2.07. The molecule has 0 aliphatic rings. The predicted molar refractivity (Wildman–Crippen MR) is 62.9 cm³/mol. The van der Waals surface area contributed by atoms with Crippen LogP contribution in [0.4, 0.5) is 5.69 Å². The van der Waals surface area contributed by atoms with Crippen molar-refractivity contribution in [1.29, 1.82) is 5.26 Å². The van der Waals surface area contributed by atoms with Crippen molar-refractivity contribution in [3.05, 3.63) is 24.0 Å². The Hall–Kier alpha value is -1.60. The van der Waals surface area contributed by atoms with Crippen LogP contribution in [0.25, 0.3) is 0 Å². The van der Waals surface area contributed by atoms with E-state index < -0.39 is 6.10 Å². The van der Waals surface area contributed by atoms with E-state index in [1.165, 1.54) is 0 Å². The summed E-state index contributed by atoms with van der Waals surface area (Å²) in [5.74, 6) is -0.0126. The zero-order valence-corrected chi connectivity index (χ0v) is 9.88. The Morgan fingerprint density at radius 2 is 2.19 bits per heavy atom. The molecule has 0 aromatic carbocycles. The normalized spacial score (nSPS) is 13.9. The summed E-state index contributed by atoms with van der Waals surface area (Å²) in [5.41, 5.74) is 1.61. The molecule has 2 atom stereocenters. The number of rotatable bonds is 4. The minimum atomic E-state index is -0.544. The average Bonchev–Trinajstić information content (AvgIpc) is 2.28. The number of nitriles is 1. The van der Waals surface area contributed by atoms with Crippen LogP contribution in [0, 0.1) is 17.2 Å². The molecule has 4 heteroatoms. The van der Waals surface area contributed by atoms with Gasteiger partial charge in [-0.2, -0.15) is 5.26 Å². The molecular formula is C12H17N3O. The molecule has 1 N–H and O–H groups in total. The molecule has 16 heavy (non-hydrogen) atoms. The summed E-state index contributed by atoms with van der Waals surface area (Å²) in [6.07, 6.45) is 1.17. The molecule has 0 aliphatic heterocycles. The third kappa shape index (κ3) is 3.21. The van der Waals surface area contributed by atoms with Crippen LogP contribution in [-0.4, -0.2) is 23.7 Å². The minimum absolute atomic E-state index is 0.0126. The number of hydrogen-bond donors (Lipinski definition) is 1. The van der Waals surface area contributed by atoms with E-state index >= 15 is 0 Å². The SMILES string of the molecule is CC(C#N)CN(C)c1ccc([C@H](C)O)nc1. The summed E-state index contributed by atoms with van der Waals surface area (Å²) in [6, 6.07) is 5.89. The van der Waals surface area contributed by atoms with Crippen molar-refractivity contribution in [2.75, 3.05) is 18.5 Å². The van der Waals surface area contributed by atoms with Gasteiger partial charge >= 0.3 is 0 Å². The molecule has 0 spiro atoms. The molecule has 4 nitrogen and oxygen atoms in total. The highest BCUT2D eigenvalue weighted by molar-refractivity contribution is 5.44. The Balaban J connectivity index is 2.71. The van der Waals surface area contributed by atoms with Crippen LogP contribution in [0.1, 0.15) is 25.6 Å². The largest absolute Gasteiger partial charge is 0.387 e. The van der Waals surface area contributed by atoms with Crippen LogP contribution in [0.3, 0.4) is 0 Å².